The minimum atomic E-state index is -0.300. The van der Waals surface area contributed by atoms with Crippen LogP contribution in [0.2, 0.25) is 0 Å². The van der Waals surface area contributed by atoms with Gasteiger partial charge in [0.1, 0.15) is 6.67 Å². The fraction of sp³-hybridized carbons (Fsp3) is 1.00. The van der Waals surface area contributed by atoms with Crippen molar-refractivity contribution in [3.63, 3.8) is 0 Å². The SMILES string of the molecule is CCC(C)(CN)N(C)CCF. The third-order valence-corrected chi connectivity index (χ3v) is 2.54. The maximum atomic E-state index is 12.0. The van der Waals surface area contributed by atoms with Crippen LogP contribution in [0.5, 0.6) is 0 Å². The lowest BCUT2D eigenvalue weighted by atomic mass is 9.97. The van der Waals surface area contributed by atoms with E-state index in [0.717, 1.165) is 6.42 Å². The molecule has 11 heavy (non-hydrogen) atoms. The molecule has 0 aliphatic rings. The lowest BCUT2D eigenvalue weighted by molar-refractivity contribution is 0.130. The van der Waals surface area contributed by atoms with Gasteiger partial charge in [0.2, 0.25) is 0 Å². The molecule has 0 aliphatic carbocycles. The lowest BCUT2D eigenvalue weighted by Gasteiger charge is -2.36. The second-order valence-corrected chi connectivity index (χ2v) is 3.17. The van der Waals surface area contributed by atoms with Crippen LogP contribution in [-0.4, -0.2) is 37.3 Å². The van der Waals surface area contributed by atoms with Crippen LogP contribution in [0.15, 0.2) is 0 Å². The van der Waals surface area contributed by atoms with Crippen LogP contribution in [-0.2, 0) is 0 Å². The number of rotatable bonds is 5. The van der Waals surface area contributed by atoms with Gasteiger partial charge in [0, 0.05) is 18.6 Å². The molecule has 0 saturated heterocycles. The molecule has 0 aromatic rings. The van der Waals surface area contributed by atoms with Gasteiger partial charge < -0.3 is 5.73 Å². The summed E-state index contributed by atoms with van der Waals surface area (Å²) in [5.74, 6) is 0. The van der Waals surface area contributed by atoms with E-state index in [0.29, 0.717) is 13.1 Å². The molecule has 0 spiro atoms. The quantitative estimate of drug-likeness (QED) is 0.654. The van der Waals surface area contributed by atoms with Gasteiger partial charge in [0.15, 0.2) is 0 Å². The zero-order chi connectivity index (χ0) is 8.91. The first kappa shape index (κ1) is 10.8. The van der Waals surface area contributed by atoms with E-state index >= 15 is 0 Å². The van der Waals surface area contributed by atoms with Crippen molar-refractivity contribution in [3.8, 4) is 0 Å². The van der Waals surface area contributed by atoms with Crippen LogP contribution >= 0.6 is 0 Å². The molecule has 0 bridgehead atoms. The number of nitrogens with two attached hydrogens (primary N) is 1. The highest BCUT2D eigenvalue weighted by atomic mass is 19.1. The number of hydrogen-bond acceptors (Lipinski definition) is 2. The van der Waals surface area contributed by atoms with Gasteiger partial charge in [-0.25, -0.2) is 4.39 Å². The molecule has 0 saturated carbocycles. The van der Waals surface area contributed by atoms with E-state index in [-0.39, 0.29) is 12.2 Å². The summed E-state index contributed by atoms with van der Waals surface area (Å²) in [6, 6.07) is 0. The highest BCUT2D eigenvalue weighted by Gasteiger charge is 2.24. The molecule has 1 atom stereocenters. The van der Waals surface area contributed by atoms with E-state index < -0.39 is 0 Å². The van der Waals surface area contributed by atoms with Crippen LogP contribution in [0.25, 0.3) is 0 Å². The van der Waals surface area contributed by atoms with Crippen LogP contribution in [0.3, 0.4) is 0 Å². The molecule has 0 heterocycles. The summed E-state index contributed by atoms with van der Waals surface area (Å²) in [7, 11) is 1.91. The van der Waals surface area contributed by atoms with Gasteiger partial charge >= 0.3 is 0 Å². The predicted molar refractivity (Wildman–Crippen MR) is 46.4 cm³/mol. The summed E-state index contributed by atoms with van der Waals surface area (Å²) in [5.41, 5.74) is 5.55. The normalized spacial score (nSPS) is 16.9. The van der Waals surface area contributed by atoms with Crippen molar-refractivity contribution in [2.75, 3.05) is 26.8 Å². The Morgan fingerprint density at radius 3 is 2.36 bits per heavy atom. The van der Waals surface area contributed by atoms with Crippen molar-refractivity contribution in [1.82, 2.24) is 4.90 Å². The number of likely N-dealkylation sites (N-methyl/N-ethyl adjacent to an activating group) is 1. The summed E-state index contributed by atoms with van der Waals surface area (Å²) >= 11 is 0. The largest absolute Gasteiger partial charge is 0.329 e. The average Bonchev–Trinajstić information content (AvgIpc) is 2.03. The molecular formula is C8H19FN2. The first-order chi connectivity index (χ1) is 5.10. The minimum Gasteiger partial charge on any atom is -0.329 e. The average molecular weight is 162 g/mol. The van der Waals surface area contributed by atoms with Crippen molar-refractivity contribution in [2.24, 2.45) is 5.73 Å². The number of alkyl halides is 1. The Morgan fingerprint density at radius 2 is 2.09 bits per heavy atom. The standard InChI is InChI=1S/C8H19FN2/c1-4-8(2,7-10)11(3)6-5-9/h4-7,10H2,1-3H3. The Kier molecular flexibility index (Phi) is 4.61. The third-order valence-electron chi connectivity index (χ3n) is 2.54. The van der Waals surface area contributed by atoms with Crippen LogP contribution in [0.1, 0.15) is 20.3 Å². The Hall–Kier alpha value is -0.150. The molecule has 0 amide bonds. The monoisotopic (exact) mass is 162 g/mol. The van der Waals surface area contributed by atoms with Crippen LogP contribution in [0.4, 0.5) is 4.39 Å². The molecule has 0 fully saturated rings. The van der Waals surface area contributed by atoms with E-state index in [9.17, 15) is 4.39 Å². The molecule has 0 radical (unpaired) electrons. The summed E-state index contributed by atoms with van der Waals surface area (Å²) in [5, 5.41) is 0. The Morgan fingerprint density at radius 1 is 1.55 bits per heavy atom. The Balaban J connectivity index is 4.00. The molecule has 3 heteroatoms. The first-order valence-electron chi connectivity index (χ1n) is 4.08. The molecular weight excluding hydrogens is 143 g/mol. The lowest BCUT2D eigenvalue weighted by Crippen LogP contribution is -2.49. The van der Waals surface area contributed by atoms with Crippen molar-refractivity contribution >= 4 is 0 Å². The zero-order valence-corrected chi connectivity index (χ0v) is 7.73. The van der Waals surface area contributed by atoms with Gasteiger partial charge in [0.25, 0.3) is 0 Å². The first-order valence-corrected chi connectivity index (χ1v) is 4.08. The number of halogens is 1. The highest BCUT2D eigenvalue weighted by Crippen LogP contribution is 2.14. The molecule has 2 N–H and O–H groups in total. The maximum absolute atomic E-state index is 12.0. The van der Waals surface area contributed by atoms with E-state index in [1.54, 1.807) is 0 Å². The summed E-state index contributed by atoms with van der Waals surface area (Å²) < 4.78 is 12.0. The molecule has 0 aromatic heterocycles. The molecule has 1 unspecified atom stereocenters. The van der Waals surface area contributed by atoms with Crippen molar-refractivity contribution in [3.05, 3.63) is 0 Å². The molecule has 68 valence electrons. The van der Waals surface area contributed by atoms with Gasteiger partial charge in [-0.15, -0.1) is 0 Å². The summed E-state index contributed by atoms with van der Waals surface area (Å²) in [4.78, 5) is 1.98. The fourth-order valence-electron chi connectivity index (χ4n) is 0.967. The van der Waals surface area contributed by atoms with Gasteiger partial charge in [-0.3, -0.25) is 4.90 Å². The minimum absolute atomic E-state index is 0.0356. The van der Waals surface area contributed by atoms with Gasteiger partial charge in [-0.05, 0) is 20.4 Å². The highest BCUT2D eigenvalue weighted by molar-refractivity contribution is 4.83. The number of nitrogens with zero attached hydrogens (tertiary/aromatic N) is 1. The molecule has 2 nitrogen and oxygen atoms in total. The predicted octanol–water partition coefficient (Wildman–Crippen LogP) is 1.02. The third kappa shape index (κ3) is 2.75. The Bertz CT molecular complexity index is 102. The van der Waals surface area contributed by atoms with Gasteiger partial charge in [-0.2, -0.15) is 0 Å². The molecule has 0 aromatic carbocycles. The van der Waals surface area contributed by atoms with E-state index in [2.05, 4.69) is 13.8 Å². The smallest absolute Gasteiger partial charge is 0.102 e. The summed E-state index contributed by atoms with van der Waals surface area (Å²) in [6.45, 7) is 4.89. The second-order valence-electron chi connectivity index (χ2n) is 3.17. The molecule has 0 aliphatic heterocycles. The van der Waals surface area contributed by atoms with Crippen LogP contribution in [0, 0.1) is 0 Å². The van der Waals surface area contributed by atoms with Crippen molar-refractivity contribution in [1.29, 1.82) is 0 Å². The van der Waals surface area contributed by atoms with Crippen LogP contribution < -0.4 is 5.73 Å². The summed E-state index contributed by atoms with van der Waals surface area (Å²) in [6.07, 6.45) is 0.958. The maximum Gasteiger partial charge on any atom is 0.102 e. The molecule has 0 rings (SSSR count). The van der Waals surface area contributed by atoms with Crippen molar-refractivity contribution < 1.29 is 4.39 Å². The van der Waals surface area contributed by atoms with E-state index in [4.69, 9.17) is 5.73 Å². The Labute approximate surface area is 68.6 Å². The number of hydrogen-bond donors (Lipinski definition) is 1. The second kappa shape index (κ2) is 4.67. The zero-order valence-electron chi connectivity index (χ0n) is 7.73. The fourth-order valence-corrected chi connectivity index (χ4v) is 0.967. The van der Waals surface area contributed by atoms with E-state index in [1.165, 1.54) is 0 Å². The topological polar surface area (TPSA) is 29.3 Å². The van der Waals surface area contributed by atoms with Gasteiger partial charge in [0.05, 0.1) is 0 Å². The van der Waals surface area contributed by atoms with Gasteiger partial charge in [-0.1, -0.05) is 6.92 Å². The van der Waals surface area contributed by atoms with E-state index in [1.807, 2.05) is 11.9 Å². The van der Waals surface area contributed by atoms with Crippen molar-refractivity contribution in [2.45, 2.75) is 25.8 Å².